The summed E-state index contributed by atoms with van der Waals surface area (Å²) in [5, 5.41) is 0. The summed E-state index contributed by atoms with van der Waals surface area (Å²) in [6.45, 7) is 0.563. The molecule has 0 aromatic heterocycles. The van der Waals surface area contributed by atoms with Gasteiger partial charge in [0.25, 0.3) is 10.1 Å². The number of aryl methyl sites for hydroxylation is 1. The topological polar surface area (TPSA) is 52.6 Å². The maximum absolute atomic E-state index is 13.7. The predicted molar refractivity (Wildman–Crippen MR) is 110 cm³/mol. The first-order valence-corrected chi connectivity index (χ1v) is 10.9. The zero-order valence-electron chi connectivity index (χ0n) is 16.6. The molecular weight excluding hydrogens is 429 g/mol. The summed E-state index contributed by atoms with van der Waals surface area (Å²) in [6.07, 6.45) is -8.36. The van der Waals surface area contributed by atoms with Crippen molar-refractivity contribution < 1.29 is 30.5 Å². The first kappa shape index (κ1) is 23.0. The van der Waals surface area contributed by atoms with Crippen LogP contribution in [0.15, 0.2) is 89.8 Å². The van der Waals surface area contributed by atoms with E-state index in [1.807, 2.05) is 0 Å². The predicted octanol–water partition coefficient (Wildman–Crippen LogP) is 5.44. The summed E-state index contributed by atoms with van der Waals surface area (Å²) in [4.78, 5) is -0.221. The summed E-state index contributed by atoms with van der Waals surface area (Å²) >= 11 is 0. The molecule has 0 aliphatic rings. The molecule has 1 unspecified atom stereocenters. The fourth-order valence-electron chi connectivity index (χ4n) is 2.90. The summed E-state index contributed by atoms with van der Waals surface area (Å²) in [5.74, 6) is 0. The second kappa shape index (κ2) is 9.64. The Morgan fingerprint density at radius 1 is 0.806 bits per heavy atom. The monoisotopic (exact) mass is 450 g/mol. The van der Waals surface area contributed by atoms with E-state index in [1.54, 1.807) is 67.6 Å². The standard InChI is InChI=1S/C23H21F3O4S/c1-17-12-14-20(15-13-17)31(27,28)29-16-21(23(24,25)26)30-22(18-8-4-2-5-9-18)19-10-6-3-7-11-19/h2-15,21-22H,16H2,1H3. The van der Waals surface area contributed by atoms with Gasteiger partial charge < -0.3 is 4.74 Å². The first-order valence-electron chi connectivity index (χ1n) is 9.45. The fraction of sp³-hybridized carbons (Fsp3) is 0.217. The Hall–Kier alpha value is -2.68. The molecule has 31 heavy (non-hydrogen) atoms. The minimum Gasteiger partial charge on any atom is -0.354 e. The third-order valence-corrected chi connectivity index (χ3v) is 5.85. The minimum atomic E-state index is -4.84. The van der Waals surface area contributed by atoms with Crippen LogP contribution < -0.4 is 0 Å². The van der Waals surface area contributed by atoms with Crippen molar-refractivity contribution in [2.75, 3.05) is 6.61 Å². The molecule has 0 heterocycles. The fourth-order valence-corrected chi connectivity index (χ4v) is 3.81. The molecule has 164 valence electrons. The Labute approximate surface area is 179 Å². The van der Waals surface area contributed by atoms with E-state index < -0.39 is 35.1 Å². The normalized spacial score (nSPS) is 13.3. The van der Waals surface area contributed by atoms with Crippen LogP contribution in [-0.2, 0) is 19.0 Å². The highest BCUT2D eigenvalue weighted by Gasteiger charge is 2.44. The summed E-state index contributed by atoms with van der Waals surface area (Å²) < 4.78 is 76.1. The van der Waals surface area contributed by atoms with E-state index >= 15 is 0 Å². The molecule has 0 amide bonds. The number of rotatable bonds is 8. The highest BCUT2D eigenvalue weighted by molar-refractivity contribution is 7.86. The highest BCUT2D eigenvalue weighted by atomic mass is 32.2. The van der Waals surface area contributed by atoms with Crippen molar-refractivity contribution in [3.8, 4) is 0 Å². The van der Waals surface area contributed by atoms with Crippen molar-refractivity contribution >= 4 is 10.1 Å². The van der Waals surface area contributed by atoms with E-state index in [-0.39, 0.29) is 4.90 Å². The lowest BCUT2D eigenvalue weighted by Gasteiger charge is -2.27. The van der Waals surface area contributed by atoms with Crippen molar-refractivity contribution in [1.82, 2.24) is 0 Å². The van der Waals surface area contributed by atoms with Crippen molar-refractivity contribution in [1.29, 1.82) is 0 Å². The number of alkyl halides is 3. The molecule has 0 N–H and O–H groups in total. The average Bonchev–Trinajstić information content (AvgIpc) is 2.74. The van der Waals surface area contributed by atoms with E-state index in [0.717, 1.165) is 5.56 Å². The van der Waals surface area contributed by atoms with Crippen molar-refractivity contribution in [2.45, 2.75) is 30.2 Å². The van der Waals surface area contributed by atoms with Gasteiger partial charge in [-0.05, 0) is 30.2 Å². The maximum atomic E-state index is 13.7. The van der Waals surface area contributed by atoms with Crippen LogP contribution in [0.1, 0.15) is 22.8 Å². The smallest absolute Gasteiger partial charge is 0.354 e. The maximum Gasteiger partial charge on any atom is 0.416 e. The van der Waals surface area contributed by atoms with Crippen LogP contribution in [0.2, 0.25) is 0 Å². The Kier molecular flexibility index (Phi) is 7.15. The molecule has 0 radical (unpaired) electrons. The zero-order valence-corrected chi connectivity index (χ0v) is 17.4. The number of halogens is 3. The van der Waals surface area contributed by atoms with Crippen LogP contribution in [0.25, 0.3) is 0 Å². The van der Waals surface area contributed by atoms with Crippen LogP contribution in [0, 0.1) is 6.92 Å². The third kappa shape index (κ3) is 6.16. The van der Waals surface area contributed by atoms with Gasteiger partial charge >= 0.3 is 6.18 Å². The Bertz CT molecular complexity index is 1030. The van der Waals surface area contributed by atoms with Gasteiger partial charge in [0.15, 0.2) is 6.10 Å². The van der Waals surface area contributed by atoms with Gasteiger partial charge in [-0.15, -0.1) is 0 Å². The molecule has 8 heteroatoms. The molecule has 0 aliphatic carbocycles. The second-order valence-corrected chi connectivity index (χ2v) is 8.53. The van der Waals surface area contributed by atoms with Crippen LogP contribution in [0.3, 0.4) is 0 Å². The van der Waals surface area contributed by atoms with E-state index in [4.69, 9.17) is 8.92 Å². The van der Waals surface area contributed by atoms with Gasteiger partial charge in [-0.25, -0.2) is 0 Å². The summed E-state index contributed by atoms with van der Waals surface area (Å²) in [7, 11) is -4.38. The number of ether oxygens (including phenoxy) is 1. The quantitative estimate of drug-likeness (QED) is 0.429. The summed E-state index contributed by atoms with van der Waals surface area (Å²) in [6, 6.07) is 22.5. The van der Waals surface area contributed by atoms with E-state index in [1.165, 1.54) is 24.3 Å². The molecule has 0 saturated heterocycles. The Morgan fingerprint density at radius 2 is 1.29 bits per heavy atom. The first-order chi connectivity index (χ1) is 14.7. The van der Waals surface area contributed by atoms with E-state index in [9.17, 15) is 21.6 Å². The SMILES string of the molecule is Cc1ccc(S(=O)(=O)OCC(OC(c2ccccc2)c2ccccc2)C(F)(F)F)cc1. The van der Waals surface area contributed by atoms with Gasteiger partial charge in [0, 0.05) is 0 Å². The van der Waals surface area contributed by atoms with E-state index in [2.05, 4.69) is 0 Å². The Balaban J connectivity index is 1.85. The van der Waals surface area contributed by atoms with Gasteiger partial charge in [0.1, 0.15) is 12.7 Å². The van der Waals surface area contributed by atoms with Crippen LogP contribution >= 0.6 is 0 Å². The summed E-state index contributed by atoms with van der Waals surface area (Å²) in [5.41, 5.74) is 1.82. The molecule has 0 fully saturated rings. The number of benzene rings is 3. The highest BCUT2D eigenvalue weighted by Crippen LogP contribution is 2.33. The van der Waals surface area contributed by atoms with Gasteiger partial charge in [0.05, 0.1) is 4.90 Å². The molecule has 1 atom stereocenters. The molecule has 0 spiro atoms. The molecular formula is C23H21F3O4S. The minimum absolute atomic E-state index is 0.221. The molecule has 3 rings (SSSR count). The van der Waals surface area contributed by atoms with E-state index in [0.29, 0.717) is 11.1 Å². The second-order valence-electron chi connectivity index (χ2n) is 6.92. The van der Waals surface area contributed by atoms with Crippen molar-refractivity contribution in [2.24, 2.45) is 0 Å². The lowest BCUT2D eigenvalue weighted by molar-refractivity contribution is -0.236. The molecule has 0 bridgehead atoms. The lowest BCUT2D eigenvalue weighted by atomic mass is 10.0. The van der Waals surface area contributed by atoms with Gasteiger partial charge in [-0.2, -0.15) is 21.6 Å². The largest absolute Gasteiger partial charge is 0.416 e. The van der Waals surface area contributed by atoms with Crippen LogP contribution in [-0.4, -0.2) is 27.3 Å². The van der Waals surface area contributed by atoms with Gasteiger partial charge in [-0.3, -0.25) is 4.18 Å². The average molecular weight is 450 g/mol. The third-order valence-electron chi connectivity index (χ3n) is 4.55. The van der Waals surface area contributed by atoms with Crippen molar-refractivity contribution in [3.05, 3.63) is 102 Å². The molecule has 3 aromatic rings. The molecule has 3 aromatic carbocycles. The van der Waals surface area contributed by atoms with Gasteiger partial charge in [-0.1, -0.05) is 78.4 Å². The molecule has 0 saturated carbocycles. The molecule has 0 aliphatic heterocycles. The van der Waals surface area contributed by atoms with Gasteiger partial charge in [0.2, 0.25) is 0 Å². The number of hydrogen-bond acceptors (Lipinski definition) is 4. The van der Waals surface area contributed by atoms with Crippen molar-refractivity contribution in [3.63, 3.8) is 0 Å². The molecule has 4 nitrogen and oxygen atoms in total. The number of hydrogen-bond donors (Lipinski definition) is 0. The zero-order chi connectivity index (χ0) is 22.5. The Morgan fingerprint density at radius 3 is 1.74 bits per heavy atom. The van der Waals surface area contributed by atoms with Crippen LogP contribution in [0.4, 0.5) is 13.2 Å². The van der Waals surface area contributed by atoms with Crippen LogP contribution in [0.5, 0.6) is 0 Å². The lowest BCUT2D eigenvalue weighted by Crippen LogP contribution is -2.38.